The molecule has 1 N–H and O–H groups in total. The minimum atomic E-state index is -0.138. The van der Waals surface area contributed by atoms with E-state index in [4.69, 9.17) is 4.74 Å². The third-order valence-electron chi connectivity index (χ3n) is 7.06. The minimum absolute atomic E-state index is 0.0430. The Morgan fingerprint density at radius 3 is 2.33 bits per heavy atom. The molecule has 3 nitrogen and oxygen atoms in total. The second-order valence-electron chi connectivity index (χ2n) is 8.46. The van der Waals surface area contributed by atoms with Crippen molar-refractivity contribution >= 4 is 5.91 Å². The largest absolute Gasteiger partial charge is 0.376 e. The summed E-state index contributed by atoms with van der Waals surface area (Å²) in [5.41, 5.74) is 2.82. The van der Waals surface area contributed by atoms with E-state index in [1.54, 1.807) is 0 Å². The van der Waals surface area contributed by atoms with Crippen molar-refractivity contribution in [2.24, 2.45) is 23.7 Å². The smallest absolute Gasteiger partial charge is 0.251 e. The molecular weight excluding hydrogens is 298 g/mol. The van der Waals surface area contributed by atoms with Crippen LogP contribution in [0.5, 0.6) is 0 Å². The zero-order valence-corrected chi connectivity index (χ0v) is 15.1. The van der Waals surface area contributed by atoms with Gasteiger partial charge < -0.3 is 10.1 Å². The average molecular weight is 327 g/mol. The standard InChI is InChI=1S/C21H29NO2/c1-13-4-5-14(2)19(6-13)20(23)22-12-21(24-3)17-8-15-7-16(10-17)11-18(21)9-15/h4-6,15-18H,7-12H2,1-3H3,(H,22,23). The monoisotopic (exact) mass is 327 g/mol. The van der Waals surface area contributed by atoms with Gasteiger partial charge in [-0.3, -0.25) is 4.79 Å². The topological polar surface area (TPSA) is 38.3 Å². The second kappa shape index (κ2) is 5.87. The molecule has 5 rings (SSSR count). The van der Waals surface area contributed by atoms with Gasteiger partial charge in [0.15, 0.2) is 0 Å². The van der Waals surface area contributed by atoms with Crippen molar-refractivity contribution in [2.75, 3.05) is 13.7 Å². The molecule has 4 bridgehead atoms. The molecule has 0 saturated heterocycles. The van der Waals surface area contributed by atoms with Crippen LogP contribution in [0.4, 0.5) is 0 Å². The van der Waals surface area contributed by atoms with Crippen molar-refractivity contribution in [3.05, 3.63) is 34.9 Å². The predicted octanol–water partition coefficient (Wildman–Crippen LogP) is 3.87. The van der Waals surface area contributed by atoms with Gasteiger partial charge in [0.25, 0.3) is 5.91 Å². The molecule has 4 saturated carbocycles. The van der Waals surface area contributed by atoms with E-state index in [-0.39, 0.29) is 11.5 Å². The fourth-order valence-electron chi connectivity index (χ4n) is 5.97. The van der Waals surface area contributed by atoms with Gasteiger partial charge in [0.1, 0.15) is 0 Å². The van der Waals surface area contributed by atoms with E-state index in [1.165, 1.54) is 32.1 Å². The molecule has 0 aliphatic heterocycles. The molecular formula is C21H29NO2. The maximum Gasteiger partial charge on any atom is 0.251 e. The Bertz CT molecular complexity index is 623. The summed E-state index contributed by atoms with van der Waals surface area (Å²) in [4.78, 5) is 12.7. The molecule has 0 unspecified atom stereocenters. The van der Waals surface area contributed by atoms with Gasteiger partial charge >= 0.3 is 0 Å². The van der Waals surface area contributed by atoms with Crippen LogP contribution in [0, 0.1) is 37.5 Å². The molecule has 4 aliphatic carbocycles. The van der Waals surface area contributed by atoms with Gasteiger partial charge in [-0.1, -0.05) is 17.7 Å². The van der Waals surface area contributed by atoms with Gasteiger partial charge in [0.2, 0.25) is 0 Å². The van der Waals surface area contributed by atoms with E-state index >= 15 is 0 Å². The van der Waals surface area contributed by atoms with Gasteiger partial charge in [0, 0.05) is 19.2 Å². The highest BCUT2D eigenvalue weighted by Gasteiger charge is 2.57. The van der Waals surface area contributed by atoms with Crippen molar-refractivity contribution in [1.29, 1.82) is 0 Å². The molecule has 24 heavy (non-hydrogen) atoms. The molecule has 3 heteroatoms. The lowest BCUT2D eigenvalue weighted by atomic mass is 9.49. The van der Waals surface area contributed by atoms with Crippen LogP contribution < -0.4 is 5.32 Å². The molecule has 0 spiro atoms. The lowest BCUT2D eigenvalue weighted by Gasteiger charge is -2.60. The molecule has 0 heterocycles. The van der Waals surface area contributed by atoms with Crippen molar-refractivity contribution in [1.82, 2.24) is 5.32 Å². The van der Waals surface area contributed by atoms with E-state index in [2.05, 4.69) is 11.4 Å². The van der Waals surface area contributed by atoms with E-state index in [0.717, 1.165) is 28.5 Å². The van der Waals surface area contributed by atoms with Gasteiger partial charge in [-0.25, -0.2) is 0 Å². The molecule has 4 aliphatic rings. The third kappa shape index (κ3) is 2.48. The summed E-state index contributed by atoms with van der Waals surface area (Å²) in [6.45, 7) is 4.69. The maximum absolute atomic E-state index is 12.7. The lowest BCUT2D eigenvalue weighted by Crippen LogP contribution is -2.63. The quantitative estimate of drug-likeness (QED) is 0.911. The molecule has 130 valence electrons. The molecule has 4 fully saturated rings. The minimum Gasteiger partial charge on any atom is -0.376 e. The number of aryl methyl sites for hydroxylation is 2. The third-order valence-corrected chi connectivity index (χ3v) is 7.06. The van der Waals surface area contributed by atoms with Gasteiger partial charge in [-0.05, 0) is 81.3 Å². The highest BCUT2D eigenvalue weighted by Crippen LogP contribution is 2.59. The molecule has 1 aromatic carbocycles. The number of amides is 1. The predicted molar refractivity (Wildman–Crippen MR) is 95.0 cm³/mol. The Morgan fingerprint density at radius 2 is 1.75 bits per heavy atom. The summed E-state index contributed by atoms with van der Waals surface area (Å²) in [5, 5.41) is 3.22. The number of methoxy groups -OCH3 is 1. The molecule has 0 atom stereocenters. The fourth-order valence-corrected chi connectivity index (χ4v) is 5.97. The Hall–Kier alpha value is -1.35. The second-order valence-corrected chi connectivity index (χ2v) is 8.46. The number of ether oxygens (including phenoxy) is 1. The normalized spacial score (nSPS) is 36.8. The maximum atomic E-state index is 12.7. The molecule has 1 aromatic rings. The van der Waals surface area contributed by atoms with Gasteiger partial charge in [0.05, 0.1) is 5.60 Å². The first kappa shape index (κ1) is 16.1. The number of hydrogen-bond acceptors (Lipinski definition) is 2. The molecule has 0 aromatic heterocycles. The van der Waals surface area contributed by atoms with Crippen molar-refractivity contribution in [3.8, 4) is 0 Å². The zero-order valence-electron chi connectivity index (χ0n) is 15.1. The van der Waals surface area contributed by atoms with Gasteiger partial charge in [-0.2, -0.15) is 0 Å². The van der Waals surface area contributed by atoms with Crippen LogP contribution in [0.3, 0.4) is 0 Å². The number of carbonyl (C=O) groups is 1. The zero-order chi connectivity index (χ0) is 16.9. The van der Waals surface area contributed by atoms with E-state index in [9.17, 15) is 4.79 Å². The number of nitrogens with one attached hydrogen (secondary N) is 1. The van der Waals surface area contributed by atoms with Crippen LogP contribution in [0.15, 0.2) is 18.2 Å². The van der Waals surface area contributed by atoms with Crippen LogP contribution in [-0.2, 0) is 4.74 Å². The summed E-state index contributed by atoms with van der Waals surface area (Å²) in [6.07, 6.45) is 6.60. The molecule has 0 radical (unpaired) electrons. The van der Waals surface area contributed by atoms with Crippen LogP contribution in [-0.4, -0.2) is 25.2 Å². The Labute approximate surface area is 145 Å². The number of carbonyl (C=O) groups excluding carboxylic acids is 1. The summed E-state index contributed by atoms with van der Waals surface area (Å²) in [5.74, 6) is 3.10. The van der Waals surface area contributed by atoms with Crippen LogP contribution >= 0.6 is 0 Å². The first-order valence-electron chi connectivity index (χ1n) is 9.42. The summed E-state index contributed by atoms with van der Waals surface area (Å²) in [7, 11) is 1.85. The first-order valence-corrected chi connectivity index (χ1v) is 9.42. The van der Waals surface area contributed by atoms with Crippen molar-refractivity contribution in [2.45, 2.75) is 51.6 Å². The van der Waals surface area contributed by atoms with Crippen molar-refractivity contribution < 1.29 is 9.53 Å². The average Bonchev–Trinajstić information content (AvgIpc) is 2.56. The summed E-state index contributed by atoms with van der Waals surface area (Å²) >= 11 is 0. The SMILES string of the molecule is COC1(CNC(=O)c2cc(C)ccc2C)C2CC3CC(C2)CC1C3. The summed E-state index contributed by atoms with van der Waals surface area (Å²) in [6, 6.07) is 6.07. The Morgan fingerprint density at radius 1 is 1.12 bits per heavy atom. The van der Waals surface area contributed by atoms with Crippen LogP contribution in [0.1, 0.15) is 53.6 Å². The highest BCUT2D eigenvalue weighted by atomic mass is 16.5. The summed E-state index contributed by atoms with van der Waals surface area (Å²) < 4.78 is 6.14. The van der Waals surface area contributed by atoms with Crippen molar-refractivity contribution in [3.63, 3.8) is 0 Å². The highest BCUT2D eigenvalue weighted by molar-refractivity contribution is 5.95. The number of benzene rings is 1. The first-order chi connectivity index (χ1) is 11.5. The number of rotatable bonds is 4. The Balaban J connectivity index is 1.51. The molecule has 1 amide bonds. The van der Waals surface area contributed by atoms with Crippen LogP contribution in [0.25, 0.3) is 0 Å². The lowest BCUT2D eigenvalue weighted by molar-refractivity contribution is -0.186. The van der Waals surface area contributed by atoms with E-state index in [0.29, 0.717) is 18.4 Å². The van der Waals surface area contributed by atoms with Crippen LogP contribution in [0.2, 0.25) is 0 Å². The number of hydrogen-bond donors (Lipinski definition) is 1. The van der Waals surface area contributed by atoms with E-state index in [1.807, 2.05) is 33.1 Å². The fraction of sp³-hybridized carbons (Fsp3) is 0.667. The Kier molecular flexibility index (Phi) is 3.95. The van der Waals surface area contributed by atoms with E-state index < -0.39 is 0 Å². The van der Waals surface area contributed by atoms with Gasteiger partial charge in [-0.15, -0.1) is 0 Å².